The molecular weight excluding hydrogens is 354 g/mol. The van der Waals surface area contributed by atoms with Gasteiger partial charge in [0.2, 0.25) is 0 Å². The number of carbonyl (C=O) groups is 1. The number of amides is 1. The molecule has 0 radical (unpaired) electrons. The number of methoxy groups -OCH3 is 1. The van der Waals surface area contributed by atoms with Crippen molar-refractivity contribution in [1.82, 2.24) is 5.32 Å². The number of nitrogens with two attached hydrogens (primary N) is 1. The van der Waals surface area contributed by atoms with Crippen molar-refractivity contribution in [2.24, 2.45) is 5.73 Å². The second kappa shape index (κ2) is 9.32. The summed E-state index contributed by atoms with van der Waals surface area (Å²) in [6.45, 7) is 1.27. The molecular formula is C20H24F2N2O3. The monoisotopic (exact) mass is 378 g/mol. The van der Waals surface area contributed by atoms with Crippen LogP contribution >= 0.6 is 0 Å². The number of alkyl halides is 2. The summed E-state index contributed by atoms with van der Waals surface area (Å²) in [7, 11) is 1.31. The Labute approximate surface area is 157 Å². The van der Waals surface area contributed by atoms with Crippen molar-refractivity contribution in [1.29, 1.82) is 0 Å². The van der Waals surface area contributed by atoms with Crippen LogP contribution in [0.2, 0.25) is 0 Å². The molecule has 1 atom stereocenters. The molecule has 0 aliphatic rings. The lowest BCUT2D eigenvalue weighted by atomic mass is 9.99. The first-order chi connectivity index (χ1) is 12.8. The molecule has 2 aromatic carbocycles. The third-order valence-corrected chi connectivity index (χ3v) is 4.16. The van der Waals surface area contributed by atoms with Gasteiger partial charge in [0.25, 0.3) is 5.91 Å². The van der Waals surface area contributed by atoms with E-state index in [1.807, 2.05) is 24.3 Å². The fraction of sp³-hybridized carbons (Fsp3) is 0.350. The van der Waals surface area contributed by atoms with Gasteiger partial charge in [-0.05, 0) is 29.2 Å². The van der Waals surface area contributed by atoms with Gasteiger partial charge in [-0.25, -0.2) is 0 Å². The largest absolute Gasteiger partial charge is 0.493 e. The quantitative estimate of drug-likeness (QED) is 0.732. The van der Waals surface area contributed by atoms with Crippen molar-refractivity contribution in [3.05, 3.63) is 59.2 Å². The fourth-order valence-electron chi connectivity index (χ4n) is 2.61. The molecule has 27 heavy (non-hydrogen) atoms. The normalized spacial score (nSPS) is 12.1. The topological polar surface area (TPSA) is 73.6 Å². The molecule has 1 unspecified atom stereocenters. The Hall–Kier alpha value is -2.67. The van der Waals surface area contributed by atoms with Gasteiger partial charge in [-0.2, -0.15) is 8.78 Å². The van der Waals surface area contributed by atoms with Gasteiger partial charge in [0.15, 0.2) is 11.5 Å². The summed E-state index contributed by atoms with van der Waals surface area (Å²) in [5.74, 6) is -0.408. The minimum absolute atomic E-state index is 0.0444. The lowest BCUT2D eigenvalue weighted by molar-refractivity contribution is -0.0515. The number of benzene rings is 2. The second-order valence-corrected chi connectivity index (χ2v) is 6.35. The van der Waals surface area contributed by atoms with Crippen LogP contribution in [0.1, 0.15) is 47.3 Å². The maximum Gasteiger partial charge on any atom is 0.387 e. The average molecular weight is 378 g/mol. The first kappa shape index (κ1) is 20.6. The highest BCUT2D eigenvalue weighted by molar-refractivity contribution is 5.97. The number of halogens is 2. The number of hydrogen-bond donors (Lipinski definition) is 2. The Morgan fingerprint density at radius 3 is 2.30 bits per heavy atom. The number of para-hydroxylation sites is 1. The van der Waals surface area contributed by atoms with Crippen LogP contribution in [0.15, 0.2) is 42.5 Å². The molecule has 0 saturated carbocycles. The summed E-state index contributed by atoms with van der Waals surface area (Å²) in [6, 6.07) is 11.8. The second-order valence-electron chi connectivity index (χ2n) is 6.35. The SMILES string of the molecule is COc1cccc(C(=O)NCC(N)c2ccc(C(C)C)cc2)c1OC(F)F. The smallest absolute Gasteiger partial charge is 0.387 e. The maximum absolute atomic E-state index is 12.7. The highest BCUT2D eigenvalue weighted by atomic mass is 19.3. The Morgan fingerprint density at radius 2 is 1.74 bits per heavy atom. The Kier molecular flexibility index (Phi) is 7.12. The molecule has 0 saturated heterocycles. The molecule has 7 heteroatoms. The van der Waals surface area contributed by atoms with Crippen molar-refractivity contribution in [3.8, 4) is 11.5 Å². The van der Waals surface area contributed by atoms with E-state index in [-0.39, 0.29) is 23.6 Å². The Bertz CT molecular complexity index is 764. The molecule has 146 valence electrons. The number of nitrogens with one attached hydrogen (secondary N) is 1. The third kappa shape index (κ3) is 5.40. The van der Waals surface area contributed by atoms with Crippen molar-refractivity contribution >= 4 is 5.91 Å². The first-order valence-electron chi connectivity index (χ1n) is 8.59. The summed E-state index contributed by atoms with van der Waals surface area (Å²) in [5.41, 5.74) is 8.15. The fourth-order valence-corrected chi connectivity index (χ4v) is 2.61. The molecule has 0 aliphatic heterocycles. The molecule has 5 nitrogen and oxygen atoms in total. The van der Waals surface area contributed by atoms with Crippen LogP contribution in [-0.2, 0) is 0 Å². The van der Waals surface area contributed by atoms with Gasteiger partial charge in [0.05, 0.1) is 12.7 Å². The zero-order chi connectivity index (χ0) is 20.0. The molecule has 1 amide bonds. The molecule has 0 spiro atoms. The predicted octanol–water partition coefficient (Wildman–Crippen LogP) is 3.85. The Balaban J connectivity index is 2.08. The van der Waals surface area contributed by atoms with Crippen LogP contribution in [0, 0.1) is 0 Å². The van der Waals surface area contributed by atoms with Crippen LogP contribution in [0.3, 0.4) is 0 Å². The van der Waals surface area contributed by atoms with E-state index < -0.39 is 18.6 Å². The number of rotatable bonds is 8. The molecule has 3 N–H and O–H groups in total. The van der Waals surface area contributed by atoms with E-state index >= 15 is 0 Å². The summed E-state index contributed by atoms with van der Waals surface area (Å²) in [6.07, 6.45) is 0. The molecule has 0 heterocycles. The van der Waals surface area contributed by atoms with Gasteiger partial charge >= 0.3 is 6.61 Å². The number of ether oxygens (including phenoxy) is 2. The standard InChI is InChI=1S/C20H24F2N2O3/c1-12(2)13-7-9-14(10-8-13)16(23)11-24-19(25)15-5-4-6-17(26-3)18(15)27-20(21)22/h4-10,12,16,20H,11,23H2,1-3H3,(H,24,25). The van der Waals surface area contributed by atoms with Crippen LogP contribution in [0.25, 0.3) is 0 Å². The van der Waals surface area contributed by atoms with Gasteiger partial charge < -0.3 is 20.5 Å². The van der Waals surface area contributed by atoms with Crippen LogP contribution in [0.4, 0.5) is 8.78 Å². The zero-order valence-corrected chi connectivity index (χ0v) is 15.5. The van der Waals surface area contributed by atoms with E-state index in [4.69, 9.17) is 10.5 Å². The van der Waals surface area contributed by atoms with E-state index in [1.54, 1.807) is 0 Å². The number of carbonyl (C=O) groups excluding carboxylic acids is 1. The lowest BCUT2D eigenvalue weighted by Gasteiger charge is -2.17. The van der Waals surface area contributed by atoms with Crippen molar-refractivity contribution in [2.75, 3.05) is 13.7 Å². The molecule has 2 rings (SSSR count). The molecule has 0 fully saturated rings. The van der Waals surface area contributed by atoms with E-state index in [1.165, 1.54) is 30.9 Å². The molecule has 0 bridgehead atoms. The van der Waals surface area contributed by atoms with Gasteiger partial charge in [0.1, 0.15) is 0 Å². The van der Waals surface area contributed by atoms with Gasteiger partial charge in [-0.3, -0.25) is 4.79 Å². The van der Waals surface area contributed by atoms with E-state index in [9.17, 15) is 13.6 Å². The predicted molar refractivity (Wildman–Crippen MR) is 99.4 cm³/mol. The van der Waals surface area contributed by atoms with Crippen molar-refractivity contribution < 1.29 is 23.0 Å². The average Bonchev–Trinajstić information content (AvgIpc) is 2.65. The van der Waals surface area contributed by atoms with E-state index in [2.05, 4.69) is 23.9 Å². The minimum atomic E-state index is -3.07. The molecule has 2 aromatic rings. The minimum Gasteiger partial charge on any atom is -0.493 e. The third-order valence-electron chi connectivity index (χ3n) is 4.16. The molecule has 0 aliphatic carbocycles. The first-order valence-corrected chi connectivity index (χ1v) is 8.59. The summed E-state index contributed by atoms with van der Waals surface area (Å²) >= 11 is 0. The van der Waals surface area contributed by atoms with E-state index in [0.717, 1.165) is 5.56 Å². The summed E-state index contributed by atoms with van der Waals surface area (Å²) < 4.78 is 34.8. The molecule has 0 aromatic heterocycles. The summed E-state index contributed by atoms with van der Waals surface area (Å²) in [5, 5.41) is 2.66. The zero-order valence-electron chi connectivity index (χ0n) is 15.5. The van der Waals surface area contributed by atoms with Crippen molar-refractivity contribution in [3.63, 3.8) is 0 Å². The van der Waals surface area contributed by atoms with Crippen LogP contribution in [-0.4, -0.2) is 26.2 Å². The Morgan fingerprint density at radius 1 is 1.11 bits per heavy atom. The van der Waals surface area contributed by atoms with Crippen molar-refractivity contribution in [2.45, 2.75) is 32.4 Å². The number of hydrogen-bond acceptors (Lipinski definition) is 4. The van der Waals surface area contributed by atoms with Crippen LogP contribution < -0.4 is 20.5 Å². The summed E-state index contributed by atoms with van der Waals surface area (Å²) in [4.78, 5) is 12.4. The maximum atomic E-state index is 12.7. The van der Waals surface area contributed by atoms with Gasteiger partial charge in [-0.1, -0.05) is 44.2 Å². The van der Waals surface area contributed by atoms with Gasteiger partial charge in [-0.15, -0.1) is 0 Å². The highest BCUT2D eigenvalue weighted by Crippen LogP contribution is 2.32. The highest BCUT2D eigenvalue weighted by Gasteiger charge is 2.20. The van der Waals surface area contributed by atoms with Crippen LogP contribution in [0.5, 0.6) is 11.5 Å². The van der Waals surface area contributed by atoms with Gasteiger partial charge in [0, 0.05) is 12.6 Å². The lowest BCUT2D eigenvalue weighted by Crippen LogP contribution is -2.32. The van der Waals surface area contributed by atoms with E-state index in [0.29, 0.717) is 5.92 Å².